The summed E-state index contributed by atoms with van der Waals surface area (Å²) < 4.78 is 15.8. The normalized spacial score (nSPS) is 13.2. The van der Waals surface area contributed by atoms with E-state index in [1.54, 1.807) is 91.0 Å². The zero-order valence-electron chi connectivity index (χ0n) is 30.3. The average Bonchev–Trinajstić information content (AvgIpc) is 3.18. The molecule has 19 nitrogen and oxygen atoms in total. The second-order valence-electron chi connectivity index (χ2n) is 12.6. The van der Waals surface area contributed by atoms with Gasteiger partial charge in [-0.3, -0.25) is 9.59 Å². The van der Waals surface area contributed by atoms with Gasteiger partial charge in [-0.25, -0.2) is 28.8 Å². The van der Waals surface area contributed by atoms with Crippen LogP contribution in [0.15, 0.2) is 91.0 Å². The quantitative estimate of drug-likeness (QED) is 0.0675. The summed E-state index contributed by atoms with van der Waals surface area (Å²) in [5.41, 5.74) is -0.621. The van der Waals surface area contributed by atoms with Crippen molar-refractivity contribution in [1.82, 2.24) is 21.3 Å². The highest BCUT2D eigenvalue weighted by Crippen LogP contribution is 2.13. The summed E-state index contributed by atoms with van der Waals surface area (Å²) in [5, 5.41) is 47.2. The number of nitrogens with one attached hydrogen (secondary N) is 4. The van der Waals surface area contributed by atoms with Gasteiger partial charge in [0.25, 0.3) is 0 Å². The van der Waals surface area contributed by atoms with Crippen LogP contribution < -0.4 is 21.3 Å². The molecule has 0 radical (unpaired) electrons. The molecule has 0 aliphatic heterocycles. The van der Waals surface area contributed by atoms with Gasteiger partial charge in [0.05, 0.1) is 6.42 Å². The molecule has 0 aliphatic rings. The molecule has 19 heteroatoms. The molecule has 3 atom stereocenters. The van der Waals surface area contributed by atoms with Crippen LogP contribution >= 0.6 is 0 Å². The van der Waals surface area contributed by atoms with Gasteiger partial charge >= 0.3 is 42.2 Å². The minimum absolute atomic E-state index is 0.170. The maximum Gasteiger partial charge on any atom is 0.407 e. The van der Waals surface area contributed by atoms with E-state index in [-0.39, 0.29) is 19.3 Å². The fourth-order valence-corrected chi connectivity index (χ4v) is 5.12. The smallest absolute Gasteiger partial charge is 0.407 e. The average molecular weight is 795 g/mol. The molecule has 0 saturated carbocycles. The number of hydrogen-bond acceptors (Lipinski definition) is 11. The largest absolute Gasteiger partial charge is 0.481 e. The molecule has 4 amide bonds. The Morgan fingerprint density at radius 2 is 0.772 bits per heavy atom. The zero-order valence-corrected chi connectivity index (χ0v) is 30.3. The Bertz CT molecular complexity index is 1660. The predicted octanol–water partition coefficient (Wildman–Crippen LogP) is 1.97. The highest BCUT2D eigenvalue weighted by atomic mass is 16.6. The lowest BCUT2D eigenvalue weighted by Gasteiger charge is -2.33. The van der Waals surface area contributed by atoms with Gasteiger partial charge in [-0.15, -0.1) is 0 Å². The van der Waals surface area contributed by atoms with E-state index in [2.05, 4.69) is 21.3 Å². The highest BCUT2D eigenvalue weighted by molar-refractivity contribution is 5.83. The van der Waals surface area contributed by atoms with Crippen LogP contribution in [0.3, 0.4) is 0 Å². The van der Waals surface area contributed by atoms with Crippen LogP contribution in [-0.2, 0) is 57.4 Å². The van der Waals surface area contributed by atoms with E-state index < -0.39 is 104 Å². The van der Waals surface area contributed by atoms with E-state index in [0.717, 1.165) is 0 Å². The molecular formula is C38H42N4O15. The van der Waals surface area contributed by atoms with Crippen LogP contribution in [0.25, 0.3) is 0 Å². The van der Waals surface area contributed by atoms with Gasteiger partial charge in [0.15, 0.2) is 0 Å². The molecule has 3 rings (SSSR count). The number of aliphatic carboxylic acids is 4. The number of amides is 4. The van der Waals surface area contributed by atoms with Gasteiger partial charge in [-0.1, -0.05) is 91.0 Å². The van der Waals surface area contributed by atoms with E-state index in [1.165, 1.54) is 0 Å². The Morgan fingerprint density at radius 3 is 1.04 bits per heavy atom. The van der Waals surface area contributed by atoms with Crippen LogP contribution in [0.4, 0.5) is 14.4 Å². The maximum absolute atomic E-state index is 13.0. The lowest BCUT2D eigenvalue weighted by molar-refractivity contribution is -0.140. The Balaban J connectivity index is 1.87. The number of alkyl carbamates (subject to hydrolysis) is 3. The molecule has 0 aromatic heterocycles. The molecule has 0 bridgehead atoms. The molecule has 8 N–H and O–H groups in total. The van der Waals surface area contributed by atoms with Gasteiger partial charge in [0, 0.05) is 25.7 Å². The van der Waals surface area contributed by atoms with Gasteiger partial charge in [-0.05, 0) is 16.7 Å². The van der Waals surface area contributed by atoms with Crippen molar-refractivity contribution >= 4 is 48.1 Å². The topological polar surface area (TPSA) is 293 Å². The Kier molecular flexibility index (Phi) is 17.3. The van der Waals surface area contributed by atoms with Gasteiger partial charge in [0.1, 0.15) is 43.5 Å². The Labute approximate surface area is 325 Å². The summed E-state index contributed by atoms with van der Waals surface area (Å²) in [6, 6.07) is 20.2. The van der Waals surface area contributed by atoms with E-state index in [1.807, 2.05) is 0 Å². The Hall–Kier alpha value is -7.18. The van der Waals surface area contributed by atoms with Crippen molar-refractivity contribution in [2.24, 2.45) is 0 Å². The van der Waals surface area contributed by atoms with Crippen LogP contribution in [0.1, 0.15) is 29.5 Å². The number of ether oxygens (including phenoxy) is 3. The number of hydrogen-bond donors (Lipinski definition) is 8. The first-order valence-electron chi connectivity index (χ1n) is 17.3. The first kappa shape index (κ1) is 44.2. The third-order valence-corrected chi connectivity index (χ3v) is 8.03. The highest BCUT2D eigenvalue weighted by Gasteiger charge is 2.39. The number of rotatable bonds is 22. The molecule has 3 aromatic carbocycles. The maximum atomic E-state index is 13.0. The third-order valence-electron chi connectivity index (χ3n) is 8.03. The van der Waals surface area contributed by atoms with Crippen molar-refractivity contribution in [2.75, 3.05) is 19.8 Å². The minimum Gasteiger partial charge on any atom is -0.481 e. The van der Waals surface area contributed by atoms with Crippen molar-refractivity contribution in [3.8, 4) is 0 Å². The summed E-state index contributed by atoms with van der Waals surface area (Å²) >= 11 is 0. The van der Waals surface area contributed by atoms with Crippen molar-refractivity contribution in [2.45, 2.75) is 55.8 Å². The number of carboxylic acids is 4. The van der Waals surface area contributed by atoms with Crippen LogP contribution in [-0.4, -0.2) is 112 Å². The number of carbonyl (C=O) groups is 8. The predicted molar refractivity (Wildman–Crippen MR) is 196 cm³/mol. The summed E-state index contributed by atoms with van der Waals surface area (Å²) in [4.78, 5) is 99.2. The van der Waals surface area contributed by atoms with E-state index in [4.69, 9.17) is 19.3 Å². The van der Waals surface area contributed by atoms with E-state index in [0.29, 0.717) is 16.7 Å². The lowest BCUT2D eigenvalue weighted by Crippen LogP contribution is -2.60. The number of carbonyl (C=O) groups excluding carboxylic acids is 4. The van der Waals surface area contributed by atoms with Crippen LogP contribution in [0, 0.1) is 0 Å². The monoisotopic (exact) mass is 794 g/mol. The van der Waals surface area contributed by atoms with Gasteiger partial charge in [0.2, 0.25) is 5.91 Å². The molecular weight excluding hydrogens is 752 g/mol. The lowest BCUT2D eigenvalue weighted by atomic mass is 10.0. The first-order valence-corrected chi connectivity index (χ1v) is 17.3. The first-order chi connectivity index (χ1) is 27.1. The van der Waals surface area contributed by atoms with Crippen molar-refractivity contribution in [3.63, 3.8) is 0 Å². The molecule has 3 unspecified atom stereocenters. The molecule has 3 aromatic rings. The SMILES string of the molecule is O=C(O)CCC(=O)NC(COC(=O)NC(Cc1ccccc1)C(=O)O)(COC(=O)NC(Cc1ccccc1)C(=O)O)COC(=O)NC(Cc1ccccc1)C(=O)O. The van der Waals surface area contributed by atoms with E-state index in [9.17, 15) is 53.7 Å². The summed E-state index contributed by atoms with van der Waals surface area (Å²) in [6.45, 7) is -3.06. The molecule has 0 aliphatic carbocycles. The summed E-state index contributed by atoms with van der Waals surface area (Å²) in [7, 11) is 0. The van der Waals surface area contributed by atoms with Crippen molar-refractivity contribution in [1.29, 1.82) is 0 Å². The summed E-state index contributed by atoms with van der Waals surface area (Å²) in [5.74, 6) is -6.70. The summed E-state index contributed by atoms with van der Waals surface area (Å²) in [6.07, 6.45) is -5.91. The van der Waals surface area contributed by atoms with Crippen molar-refractivity contribution in [3.05, 3.63) is 108 Å². The number of benzene rings is 3. The molecule has 0 spiro atoms. The van der Waals surface area contributed by atoms with Gasteiger partial charge in [-0.2, -0.15) is 0 Å². The fourth-order valence-electron chi connectivity index (χ4n) is 5.12. The molecule has 0 saturated heterocycles. The molecule has 0 fully saturated rings. The standard InChI is InChI=1S/C38H42N4O15/c43-30(16-17-31(44)45)42-38(21-55-35(52)39-27(32(46)47)18-24-10-4-1-5-11-24,22-56-36(53)40-28(33(48)49)19-25-12-6-2-7-13-25)23-57-37(54)41-29(34(50)51)20-26-14-8-3-9-15-26/h1-15,27-29H,16-23H2,(H,39,52)(H,40,53)(H,41,54)(H,42,43)(H,44,45)(H,46,47)(H,48,49)(H,50,51). The van der Waals surface area contributed by atoms with Gasteiger partial charge < -0.3 is 55.9 Å². The number of carboxylic acid groups (broad SMARTS) is 4. The molecule has 0 heterocycles. The Morgan fingerprint density at radius 1 is 0.474 bits per heavy atom. The van der Waals surface area contributed by atoms with E-state index >= 15 is 0 Å². The fraction of sp³-hybridized carbons (Fsp3) is 0.316. The second kappa shape index (κ2) is 22.3. The second-order valence-corrected chi connectivity index (χ2v) is 12.6. The van der Waals surface area contributed by atoms with Crippen molar-refractivity contribution < 1.29 is 73.0 Å². The molecule has 57 heavy (non-hydrogen) atoms. The zero-order chi connectivity index (χ0) is 41.8. The van der Waals surface area contributed by atoms with Crippen LogP contribution in [0.2, 0.25) is 0 Å². The van der Waals surface area contributed by atoms with Crippen LogP contribution in [0.5, 0.6) is 0 Å². The molecule has 304 valence electrons. The third kappa shape index (κ3) is 16.4. The minimum atomic E-state index is -2.25.